The molecule has 0 radical (unpaired) electrons. The summed E-state index contributed by atoms with van der Waals surface area (Å²) < 4.78 is 43.5. The van der Waals surface area contributed by atoms with Gasteiger partial charge in [0.15, 0.2) is 0 Å². The van der Waals surface area contributed by atoms with Gasteiger partial charge < -0.3 is 10.2 Å². The van der Waals surface area contributed by atoms with E-state index in [4.69, 9.17) is 11.6 Å². The van der Waals surface area contributed by atoms with Crippen LogP contribution in [0.1, 0.15) is 11.1 Å². The van der Waals surface area contributed by atoms with E-state index in [-0.39, 0.29) is 29.1 Å². The van der Waals surface area contributed by atoms with Crippen molar-refractivity contribution >= 4 is 39.1 Å². The molecule has 212 valence electrons. The number of benzene rings is 4. The first-order valence-electron chi connectivity index (χ1n) is 12.8. The first-order valence-corrected chi connectivity index (χ1v) is 14.6. The largest absolute Gasteiger partial charge is 0.357 e. The average molecular weight is 594 g/mol. The van der Waals surface area contributed by atoms with Gasteiger partial charge in [0.05, 0.1) is 10.6 Å². The minimum atomic E-state index is -4.24. The third kappa shape index (κ3) is 7.31. The minimum absolute atomic E-state index is 0.0636. The quantitative estimate of drug-likeness (QED) is 0.263. The predicted molar refractivity (Wildman–Crippen MR) is 157 cm³/mol. The number of hydrogen-bond acceptors (Lipinski definition) is 4. The van der Waals surface area contributed by atoms with E-state index in [9.17, 15) is 22.4 Å². The van der Waals surface area contributed by atoms with Gasteiger partial charge in [0.25, 0.3) is 10.0 Å². The van der Waals surface area contributed by atoms with Gasteiger partial charge in [0.2, 0.25) is 11.8 Å². The van der Waals surface area contributed by atoms with Crippen LogP contribution < -0.4 is 9.62 Å². The fraction of sp³-hybridized carbons (Fsp3) is 0.161. The summed E-state index contributed by atoms with van der Waals surface area (Å²) in [5, 5.41) is 2.95. The van der Waals surface area contributed by atoms with Gasteiger partial charge in [-0.1, -0.05) is 78.3 Å². The minimum Gasteiger partial charge on any atom is -0.357 e. The van der Waals surface area contributed by atoms with Crippen LogP contribution in [0.2, 0.25) is 5.02 Å². The standard InChI is InChI=1S/C31H29ClFN3O4S/c1-34-31(38)29(20-23-10-4-2-5-11-23)35(21-24-12-8-9-15-28(24)33)30(37)22-36(26-13-6-3-7-14-26)41(39,40)27-18-16-25(32)17-19-27/h2-19,29H,20-22H2,1H3,(H,34,38)/t29-/m0/s1. The SMILES string of the molecule is CNC(=O)[C@H](Cc1ccccc1)N(Cc1ccccc1F)C(=O)CN(c1ccccc1)S(=O)(=O)c1ccc(Cl)cc1. The molecule has 0 spiro atoms. The summed E-state index contributed by atoms with van der Waals surface area (Å²) in [5.41, 5.74) is 1.22. The molecule has 0 fully saturated rings. The average Bonchev–Trinajstić information content (AvgIpc) is 2.99. The Morgan fingerprint density at radius 1 is 0.854 bits per heavy atom. The second-order valence-electron chi connectivity index (χ2n) is 9.23. The topological polar surface area (TPSA) is 86.8 Å². The molecule has 10 heteroatoms. The summed E-state index contributed by atoms with van der Waals surface area (Å²) in [6.07, 6.45) is 0.135. The number of rotatable bonds is 11. The number of carbonyl (C=O) groups is 2. The highest BCUT2D eigenvalue weighted by Crippen LogP contribution is 2.26. The highest BCUT2D eigenvalue weighted by molar-refractivity contribution is 7.92. The van der Waals surface area contributed by atoms with Gasteiger partial charge in [-0.25, -0.2) is 12.8 Å². The zero-order valence-electron chi connectivity index (χ0n) is 22.3. The maximum atomic E-state index is 14.8. The third-order valence-electron chi connectivity index (χ3n) is 6.54. The van der Waals surface area contributed by atoms with Crippen LogP contribution in [0.15, 0.2) is 114 Å². The summed E-state index contributed by atoms with van der Waals surface area (Å²) in [6.45, 7) is -0.883. The maximum Gasteiger partial charge on any atom is 0.264 e. The van der Waals surface area contributed by atoms with Crippen LogP contribution in [-0.2, 0) is 32.6 Å². The molecule has 0 bridgehead atoms. The molecule has 0 aliphatic heterocycles. The molecule has 4 rings (SSSR count). The van der Waals surface area contributed by atoms with Crippen LogP contribution >= 0.6 is 11.6 Å². The van der Waals surface area contributed by atoms with Crippen molar-refractivity contribution in [3.63, 3.8) is 0 Å². The first kappa shape index (κ1) is 29.8. The van der Waals surface area contributed by atoms with E-state index >= 15 is 0 Å². The normalized spacial score (nSPS) is 11.9. The van der Waals surface area contributed by atoms with Crippen LogP contribution in [0.3, 0.4) is 0 Å². The van der Waals surface area contributed by atoms with Crippen molar-refractivity contribution in [2.24, 2.45) is 0 Å². The molecule has 4 aromatic carbocycles. The van der Waals surface area contributed by atoms with Gasteiger partial charge in [-0.2, -0.15) is 0 Å². The van der Waals surface area contributed by atoms with E-state index in [2.05, 4.69) is 5.32 Å². The second-order valence-corrected chi connectivity index (χ2v) is 11.5. The number of amides is 2. The van der Waals surface area contributed by atoms with E-state index in [0.717, 1.165) is 9.87 Å². The van der Waals surface area contributed by atoms with Crippen LogP contribution in [-0.4, -0.2) is 44.8 Å². The number of carbonyl (C=O) groups excluding carboxylic acids is 2. The highest BCUT2D eigenvalue weighted by atomic mass is 35.5. The molecular weight excluding hydrogens is 565 g/mol. The molecule has 0 saturated heterocycles. The number of nitrogens with one attached hydrogen (secondary N) is 1. The van der Waals surface area contributed by atoms with Gasteiger partial charge in [0.1, 0.15) is 18.4 Å². The van der Waals surface area contributed by atoms with Crippen molar-refractivity contribution in [2.75, 3.05) is 17.9 Å². The molecule has 0 aliphatic rings. The fourth-order valence-electron chi connectivity index (χ4n) is 4.39. The number of anilines is 1. The Hall–Kier alpha value is -4.21. The van der Waals surface area contributed by atoms with Crippen LogP contribution in [0.4, 0.5) is 10.1 Å². The van der Waals surface area contributed by atoms with Crippen molar-refractivity contribution in [3.8, 4) is 0 Å². The van der Waals surface area contributed by atoms with Crippen LogP contribution in [0.5, 0.6) is 0 Å². The Bertz CT molecular complexity index is 1590. The van der Waals surface area contributed by atoms with Crippen molar-refractivity contribution in [2.45, 2.75) is 23.9 Å². The molecule has 4 aromatic rings. The van der Waals surface area contributed by atoms with Gasteiger partial charge in [0, 0.05) is 30.6 Å². The third-order valence-corrected chi connectivity index (χ3v) is 8.58. The molecule has 1 N–H and O–H groups in total. The molecule has 41 heavy (non-hydrogen) atoms. The van der Waals surface area contributed by atoms with Gasteiger partial charge in [-0.15, -0.1) is 0 Å². The summed E-state index contributed by atoms with van der Waals surface area (Å²) in [7, 11) is -2.79. The Morgan fingerprint density at radius 2 is 1.44 bits per heavy atom. The van der Waals surface area contributed by atoms with Crippen molar-refractivity contribution < 1.29 is 22.4 Å². The van der Waals surface area contributed by atoms with E-state index < -0.39 is 40.2 Å². The monoisotopic (exact) mass is 593 g/mol. The number of hydrogen-bond donors (Lipinski definition) is 1. The molecule has 0 heterocycles. The Kier molecular flexibility index (Phi) is 9.75. The van der Waals surface area contributed by atoms with E-state index in [1.165, 1.54) is 54.4 Å². The van der Waals surface area contributed by atoms with Crippen LogP contribution in [0.25, 0.3) is 0 Å². The Labute approximate surface area is 244 Å². The molecular formula is C31H29ClFN3O4S. The summed E-state index contributed by atoms with van der Waals surface area (Å²) >= 11 is 5.98. The van der Waals surface area contributed by atoms with Gasteiger partial charge >= 0.3 is 0 Å². The van der Waals surface area contributed by atoms with E-state index in [0.29, 0.717) is 5.02 Å². The summed E-state index contributed by atoms with van der Waals surface area (Å²) in [5.74, 6) is -1.70. The molecule has 0 aliphatic carbocycles. The van der Waals surface area contributed by atoms with Crippen LogP contribution in [0, 0.1) is 5.82 Å². The lowest BCUT2D eigenvalue weighted by Gasteiger charge is -2.33. The maximum absolute atomic E-state index is 14.8. The molecule has 7 nitrogen and oxygen atoms in total. The second kappa shape index (κ2) is 13.4. The van der Waals surface area contributed by atoms with Crippen molar-refractivity contribution in [3.05, 3.63) is 131 Å². The van der Waals surface area contributed by atoms with E-state index in [1.54, 1.807) is 36.4 Å². The predicted octanol–water partition coefficient (Wildman–Crippen LogP) is 5.06. The fourth-order valence-corrected chi connectivity index (χ4v) is 5.93. The lowest BCUT2D eigenvalue weighted by atomic mass is 10.0. The van der Waals surface area contributed by atoms with E-state index in [1.807, 2.05) is 30.3 Å². The molecule has 0 saturated carbocycles. The number of para-hydroxylation sites is 1. The lowest BCUT2D eigenvalue weighted by Crippen LogP contribution is -2.53. The number of sulfonamides is 1. The first-order chi connectivity index (χ1) is 19.7. The molecule has 1 atom stereocenters. The Morgan fingerprint density at radius 3 is 2.05 bits per heavy atom. The number of halogens is 2. The summed E-state index contributed by atoms with van der Waals surface area (Å²) in [4.78, 5) is 28.5. The molecule has 0 unspecified atom stereocenters. The van der Waals surface area contributed by atoms with Gasteiger partial charge in [-0.05, 0) is 48.0 Å². The van der Waals surface area contributed by atoms with Gasteiger partial charge in [-0.3, -0.25) is 13.9 Å². The molecule has 0 aromatic heterocycles. The van der Waals surface area contributed by atoms with Crippen molar-refractivity contribution in [1.82, 2.24) is 10.2 Å². The zero-order chi connectivity index (χ0) is 29.4. The zero-order valence-corrected chi connectivity index (χ0v) is 23.9. The molecule has 2 amide bonds. The van der Waals surface area contributed by atoms with Crippen molar-refractivity contribution in [1.29, 1.82) is 0 Å². The lowest BCUT2D eigenvalue weighted by molar-refractivity contribution is -0.139. The highest BCUT2D eigenvalue weighted by Gasteiger charge is 2.34. The number of likely N-dealkylation sites (N-methyl/N-ethyl adjacent to an activating group) is 1. The summed E-state index contributed by atoms with van der Waals surface area (Å²) in [6, 6.07) is 27.8. The number of nitrogens with zero attached hydrogens (tertiary/aromatic N) is 2. The Balaban J connectivity index is 1.78. The smallest absolute Gasteiger partial charge is 0.264 e.